The van der Waals surface area contributed by atoms with Gasteiger partial charge in [-0.1, -0.05) is 24.3 Å². The molecule has 2 fully saturated rings. The number of nitrogens with one attached hydrogen (secondary N) is 2. The van der Waals surface area contributed by atoms with Crippen LogP contribution in [-0.2, 0) is 11.4 Å². The normalized spacial score (nSPS) is 30.8. The van der Waals surface area contributed by atoms with Crippen molar-refractivity contribution in [1.82, 2.24) is 20.6 Å². The third kappa shape index (κ3) is 3.86. The highest BCUT2D eigenvalue weighted by Gasteiger charge is 2.24. The molecule has 2 saturated heterocycles. The van der Waals surface area contributed by atoms with Crippen molar-refractivity contribution in [2.45, 2.75) is 38.2 Å². The van der Waals surface area contributed by atoms with Crippen molar-refractivity contribution in [2.24, 2.45) is 0 Å². The number of benzene rings is 1. The molecule has 0 radical (unpaired) electrons. The number of hydrogen-bond acceptors (Lipinski definition) is 5. The van der Waals surface area contributed by atoms with Gasteiger partial charge in [0.25, 0.3) is 0 Å². The van der Waals surface area contributed by atoms with Gasteiger partial charge < -0.3 is 4.90 Å². The van der Waals surface area contributed by atoms with Gasteiger partial charge in [0, 0.05) is 32.2 Å². The first-order valence-electron chi connectivity index (χ1n) is 8.24. The maximum absolute atomic E-state index is 5.59. The summed E-state index contributed by atoms with van der Waals surface area (Å²) in [5.41, 5.74) is 5.62. The molecule has 0 aromatic heterocycles. The molecule has 3 atom stereocenters. The molecule has 2 aliphatic rings. The Labute approximate surface area is 133 Å². The number of hydroxylamine groups is 1. The molecule has 0 saturated carbocycles. The number of piperazine rings is 1. The zero-order valence-corrected chi connectivity index (χ0v) is 13.9. The molecule has 2 heterocycles. The predicted molar refractivity (Wildman–Crippen MR) is 88.2 cm³/mol. The van der Waals surface area contributed by atoms with Crippen molar-refractivity contribution < 1.29 is 4.84 Å². The zero-order chi connectivity index (χ0) is 15.5. The van der Waals surface area contributed by atoms with E-state index in [1.165, 1.54) is 11.1 Å². The molecule has 0 spiro atoms. The van der Waals surface area contributed by atoms with Gasteiger partial charge in [-0.25, -0.2) is 0 Å². The second-order valence-electron chi connectivity index (χ2n) is 6.74. The van der Waals surface area contributed by atoms with Crippen LogP contribution in [0.1, 0.15) is 30.6 Å². The Hall–Kier alpha value is -0.980. The van der Waals surface area contributed by atoms with Crippen LogP contribution in [0.2, 0.25) is 0 Å². The Bertz CT molecular complexity index is 478. The van der Waals surface area contributed by atoms with Crippen molar-refractivity contribution in [3.05, 3.63) is 35.4 Å². The largest absolute Gasteiger partial charge is 0.302 e. The van der Waals surface area contributed by atoms with Gasteiger partial charge in [-0.05, 0) is 38.6 Å². The van der Waals surface area contributed by atoms with Crippen molar-refractivity contribution >= 4 is 0 Å². The Balaban J connectivity index is 1.52. The average molecular weight is 304 g/mol. The van der Waals surface area contributed by atoms with Gasteiger partial charge >= 0.3 is 0 Å². The van der Waals surface area contributed by atoms with Gasteiger partial charge in [-0.3, -0.25) is 15.1 Å². The molecule has 1 aromatic carbocycles. The number of nitrogens with zero attached hydrogens (tertiary/aromatic N) is 2. The summed E-state index contributed by atoms with van der Waals surface area (Å²) < 4.78 is 0. The summed E-state index contributed by atoms with van der Waals surface area (Å²) in [5, 5.41) is 3.65. The fraction of sp³-hybridized carbons (Fsp3) is 0.647. The highest BCUT2D eigenvalue weighted by atomic mass is 16.7. The molecule has 0 bridgehead atoms. The highest BCUT2D eigenvalue weighted by molar-refractivity contribution is 5.24. The van der Waals surface area contributed by atoms with Crippen molar-refractivity contribution in [3.8, 4) is 0 Å². The molecule has 122 valence electrons. The first-order chi connectivity index (χ1) is 10.6. The Morgan fingerprint density at radius 1 is 1.23 bits per heavy atom. The quantitative estimate of drug-likeness (QED) is 0.878. The van der Waals surface area contributed by atoms with E-state index in [1.54, 1.807) is 0 Å². The molecular weight excluding hydrogens is 276 g/mol. The van der Waals surface area contributed by atoms with Gasteiger partial charge in [-0.2, -0.15) is 5.48 Å². The maximum atomic E-state index is 5.59. The fourth-order valence-corrected chi connectivity index (χ4v) is 3.14. The van der Waals surface area contributed by atoms with E-state index in [-0.39, 0.29) is 6.10 Å². The number of hydrogen-bond donors (Lipinski definition) is 2. The number of rotatable bonds is 4. The SMILES string of the molecule is CC1CC(c2ccc(CNC3CN(C)CCN3C)cc2)ON1. The Morgan fingerprint density at radius 2 is 2.00 bits per heavy atom. The molecule has 3 rings (SSSR count). The lowest BCUT2D eigenvalue weighted by Crippen LogP contribution is -2.56. The minimum atomic E-state index is 0.190. The average Bonchev–Trinajstić information content (AvgIpc) is 2.95. The van der Waals surface area contributed by atoms with Crippen LogP contribution in [0.25, 0.3) is 0 Å². The molecule has 0 amide bonds. The van der Waals surface area contributed by atoms with Crippen molar-refractivity contribution in [1.29, 1.82) is 0 Å². The van der Waals surface area contributed by atoms with Crippen LogP contribution in [0, 0.1) is 0 Å². The van der Waals surface area contributed by atoms with Crippen LogP contribution < -0.4 is 10.8 Å². The standard InChI is InChI=1S/C17H28N4O/c1-13-10-16(22-19-13)15-6-4-14(5-7-15)11-18-17-12-20(2)8-9-21(17)3/h4-7,13,16-19H,8-12H2,1-3H3. The third-order valence-electron chi connectivity index (χ3n) is 4.72. The van der Waals surface area contributed by atoms with Crippen molar-refractivity contribution in [3.63, 3.8) is 0 Å². The molecule has 5 heteroatoms. The van der Waals surface area contributed by atoms with Crippen LogP contribution >= 0.6 is 0 Å². The zero-order valence-electron chi connectivity index (χ0n) is 13.9. The molecule has 22 heavy (non-hydrogen) atoms. The summed E-state index contributed by atoms with van der Waals surface area (Å²) in [7, 11) is 4.38. The number of likely N-dealkylation sites (N-methyl/N-ethyl adjacent to an activating group) is 2. The third-order valence-corrected chi connectivity index (χ3v) is 4.72. The van der Waals surface area contributed by atoms with E-state index >= 15 is 0 Å². The van der Waals surface area contributed by atoms with Crippen LogP contribution in [0.3, 0.4) is 0 Å². The fourth-order valence-electron chi connectivity index (χ4n) is 3.14. The first kappa shape index (κ1) is 15.9. The lowest BCUT2D eigenvalue weighted by atomic mass is 10.0. The van der Waals surface area contributed by atoms with E-state index in [2.05, 4.69) is 65.9 Å². The highest BCUT2D eigenvalue weighted by Crippen LogP contribution is 2.26. The molecule has 2 N–H and O–H groups in total. The Morgan fingerprint density at radius 3 is 2.68 bits per heavy atom. The van der Waals surface area contributed by atoms with E-state index in [4.69, 9.17) is 4.84 Å². The van der Waals surface area contributed by atoms with Gasteiger partial charge in [0.15, 0.2) is 0 Å². The van der Waals surface area contributed by atoms with Crippen LogP contribution in [0.15, 0.2) is 24.3 Å². The minimum absolute atomic E-state index is 0.190. The van der Waals surface area contributed by atoms with Crippen LogP contribution in [0.5, 0.6) is 0 Å². The summed E-state index contributed by atoms with van der Waals surface area (Å²) in [6.45, 7) is 6.40. The van der Waals surface area contributed by atoms with E-state index in [0.29, 0.717) is 12.2 Å². The van der Waals surface area contributed by atoms with Gasteiger partial charge in [0.05, 0.1) is 6.17 Å². The first-order valence-corrected chi connectivity index (χ1v) is 8.24. The van der Waals surface area contributed by atoms with E-state index < -0.39 is 0 Å². The Kier molecular flexibility index (Phi) is 5.10. The lowest BCUT2D eigenvalue weighted by Gasteiger charge is -2.38. The minimum Gasteiger partial charge on any atom is -0.302 e. The van der Waals surface area contributed by atoms with Crippen LogP contribution in [-0.4, -0.2) is 55.7 Å². The monoisotopic (exact) mass is 304 g/mol. The lowest BCUT2D eigenvalue weighted by molar-refractivity contribution is 0.0270. The molecule has 3 unspecified atom stereocenters. The predicted octanol–water partition coefficient (Wildman–Crippen LogP) is 1.33. The summed E-state index contributed by atoms with van der Waals surface area (Å²) in [6.07, 6.45) is 1.66. The second-order valence-corrected chi connectivity index (χ2v) is 6.74. The van der Waals surface area contributed by atoms with Crippen molar-refractivity contribution in [2.75, 3.05) is 33.7 Å². The molecule has 2 aliphatic heterocycles. The second kappa shape index (κ2) is 7.06. The summed E-state index contributed by atoms with van der Waals surface area (Å²) in [6, 6.07) is 9.24. The molecule has 0 aliphatic carbocycles. The van der Waals surface area contributed by atoms with Gasteiger partial charge in [0.1, 0.15) is 6.10 Å². The van der Waals surface area contributed by atoms with E-state index in [0.717, 1.165) is 32.6 Å². The smallest absolute Gasteiger partial charge is 0.106 e. The molecule has 5 nitrogen and oxygen atoms in total. The van der Waals surface area contributed by atoms with E-state index in [1.807, 2.05) is 0 Å². The van der Waals surface area contributed by atoms with Gasteiger partial charge in [0.2, 0.25) is 0 Å². The maximum Gasteiger partial charge on any atom is 0.106 e. The summed E-state index contributed by atoms with van der Waals surface area (Å²) >= 11 is 0. The molecule has 1 aromatic rings. The van der Waals surface area contributed by atoms with E-state index in [9.17, 15) is 0 Å². The summed E-state index contributed by atoms with van der Waals surface area (Å²) in [5.74, 6) is 0. The topological polar surface area (TPSA) is 39.8 Å². The summed E-state index contributed by atoms with van der Waals surface area (Å²) in [4.78, 5) is 10.4. The molecular formula is C17H28N4O. The van der Waals surface area contributed by atoms with Crippen LogP contribution in [0.4, 0.5) is 0 Å². The van der Waals surface area contributed by atoms with Gasteiger partial charge in [-0.15, -0.1) is 0 Å².